The van der Waals surface area contributed by atoms with Crippen molar-refractivity contribution in [3.63, 3.8) is 0 Å². The summed E-state index contributed by atoms with van der Waals surface area (Å²) in [7, 11) is 0. The smallest absolute Gasteiger partial charge is 0.325 e. The lowest BCUT2D eigenvalue weighted by molar-refractivity contribution is 0.207. The molecule has 1 aliphatic heterocycles. The number of piperazine rings is 1. The molecule has 4 heterocycles. The molecule has 1 saturated heterocycles. The number of pyridine rings is 1. The van der Waals surface area contributed by atoms with Crippen molar-refractivity contribution in [2.75, 3.05) is 42.1 Å². The maximum atomic E-state index is 12.6. The molecule has 1 aliphatic rings. The second kappa shape index (κ2) is 9.27. The Morgan fingerprint density at radius 3 is 2.64 bits per heavy atom. The molecule has 0 spiro atoms. The molecule has 0 bridgehead atoms. The predicted octanol–water partition coefficient (Wildman–Crippen LogP) is 2.07. The molecule has 33 heavy (non-hydrogen) atoms. The third kappa shape index (κ3) is 5.45. The lowest BCUT2D eigenvalue weighted by atomic mass is 9.97. The van der Waals surface area contributed by atoms with Crippen LogP contribution in [0.3, 0.4) is 0 Å². The third-order valence-corrected chi connectivity index (χ3v) is 5.01. The van der Waals surface area contributed by atoms with E-state index < -0.39 is 0 Å². The first-order valence-corrected chi connectivity index (χ1v) is 10.6. The molecule has 1 fully saturated rings. The number of nitrogens with zero attached hydrogens (tertiary/aromatic N) is 7. The number of urea groups is 1. The SMILES string of the molecule is CC(C)(C)c1nnc(NC(=O)N2CCN(c3ncccc3OCc3ccnc(N)n3)CC2)o1. The van der Waals surface area contributed by atoms with Crippen LogP contribution >= 0.6 is 0 Å². The van der Waals surface area contributed by atoms with Crippen molar-refractivity contribution < 1.29 is 13.9 Å². The number of carbonyl (C=O) groups excluding carboxylic acids is 1. The summed E-state index contributed by atoms with van der Waals surface area (Å²) in [4.78, 5) is 28.9. The van der Waals surface area contributed by atoms with E-state index in [2.05, 4.69) is 35.4 Å². The van der Waals surface area contributed by atoms with Gasteiger partial charge in [-0.2, -0.15) is 0 Å². The fourth-order valence-electron chi connectivity index (χ4n) is 3.25. The normalized spacial score (nSPS) is 14.3. The number of amides is 2. The highest BCUT2D eigenvalue weighted by Crippen LogP contribution is 2.27. The topological polar surface area (TPSA) is 148 Å². The molecule has 0 aliphatic carbocycles. The first-order chi connectivity index (χ1) is 15.8. The van der Waals surface area contributed by atoms with E-state index in [1.54, 1.807) is 23.4 Å². The van der Waals surface area contributed by atoms with Gasteiger partial charge in [-0.15, -0.1) is 5.10 Å². The molecule has 0 radical (unpaired) electrons. The number of anilines is 3. The quantitative estimate of drug-likeness (QED) is 0.588. The van der Waals surface area contributed by atoms with Crippen LogP contribution in [0.4, 0.5) is 22.6 Å². The first kappa shape index (κ1) is 22.2. The van der Waals surface area contributed by atoms with E-state index in [9.17, 15) is 4.79 Å². The summed E-state index contributed by atoms with van der Waals surface area (Å²) in [6.45, 7) is 8.33. The van der Waals surface area contributed by atoms with E-state index in [1.165, 1.54) is 0 Å². The van der Waals surface area contributed by atoms with Crippen molar-refractivity contribution in [3.05, 3.63) is 42.2 Å². The van der Waals surface area contributed by atoms with Gasteiger partial charge >= 0.3 is 12.0 Å². The number of carbonyl (C=O) groups is 1. The van der Waals surface area contributed by atoms with Crippen LogP contribution in [0.25, 0.3) is 0 Å². The Morgan fingerprint density at radius 1 is 1.15 bits per heavy atom. The Kier molecular flexibility index (Phi) is 6.24. The second-order valence-electron chi connectivity index (χ2n) is 8.59. The van der Waals surface area contributed by atoms with Crippen LogP contribution in [0, 0.1) is 0 Å². The number of rotatable bonds is 5. The number of ether oxygens (including phenoxy) is 1. The van der Waals surface area contributed by atoms with Gasteiger partial charge < -0.3 is 24.7 Å². The zero-order valence-electron chi connectivity index (χ0n) is 18.9. The molecule has 0 atom stereocenters. The second-order valence-corrected chi connectivity index (χ2v) is 8.59. The standard InChI is InChI=1S/C21H27N9O3/c1-21(2,3)17-27-28-19(33-17)26-20(31)30-11-9-29(10-12-30)16-15(5-4-7-23-16)32-13-14-6-8-24-18(22)25-14/h4-8H,9-13H2,1-3H3,(H2,22,24,25)(H,26,28,31). The van der Waals surface area contributed by atoms with Crippen molar-refractivity contribution in [3.8, 4) is 5.75 Å². The number of aromatic nitrogens is 5. The Hall–Kier alpha value is -3.96. The van der Waals surface area contributed by atoms with Crippen molar-refractivity contribution in [1.29, 1.82) is 0 Å². The summed E-state index contributed by atoms with van der Waals surface area (Å²) < 4.78 is 11.5. The van der Waals surface area contributed by atoms with E-state index in [4.69, 9.17) is 14.9 Å². The minimum atomic E-state index is -0.288. The lowest BCUT2D eigenvalue weighted by Crippen LogP contribution is -2.50. The van der Waals surface area contributed by atoms with Crippen LogP contribution in [0.1, 0.15) is 32.4 Å². The van der Waals surface area contributed by atoms with Gasteiger partial charge in [-0.1, -0.05) is 25.9 Å². The summed E-state index contributed by atoms with van der Waals surface area (Å²) in [5.41, 5.74) is 6.02. The van der Waals surface area contributed by atoms with Crippen molar-refractivity contribution in [1.82, 2.24) is 30.0 Å². The van der Waals surface area contributed by atoms with E-state index in [0.717, 1.165) is 0 Å². The van der Waals surface area contributed by atoms with Crippen LogP contribution in [0.5, 0.6) is 5.75 Å². The van der Waals surface area contributed by atoms with Crippen LogP contribution < -0.4 is 20.7 Å². The van der Waals surface area contributed by atoms with Gasteiger partial charge in [0.25, 0.3) is 0 Å². The maximum Gasteiger partial charge on any atom is 0.325 e. The maximum absolute atomic E-state index is 12.6. The molecule has 3 N–H and O–H groups in total. The number of nitrogens with two attached hydrogens (primary N) is 1. The fraction of sp³-hybridized carbons (Fsp3) is 0.429. The Balaban J connectivity index is 1.34. The van der Waals surface area contributed by atoms with Crippen molar-refractivity contribution in [2.24, 2.45) is 0 Å². The van der Waals surface area contributed by atoms with Gasteiger partial charge in [0.1, 0.15) is 6.61 Å². The molecule has 3 aromatic rings. The van der Waals surface area contributed by atoms with Gasteiger partial charge in [-0.25, -0.2) is 19.7 Å². The number of hydrogen-bond acceptors (Lipinski definition) is 10. The average Bonchev–Trinajstić information content (AvgIpc) is 3.27. The Morgan fingerprint density at radius 2 is 1.94 bits per heavy atom. The Labute approximate surface area is 191 Å². The van der Waals surface area contributed by atoms with Crippen molar-refractivity contribution in [2.45, 2.75) is 32.8 Å². The summed E-state index contributed by atoms with van der Waals surface area (Å²) >= 11 is 0. The van der Waals surface area contributed by atoms with E-state index in [1.807, 2.05) is 32.9 Å². The van der Waals surface area contributed by atoms with Crippen molar-refractivity contribution >= 4 is 23.8 Å². The zero-order valence-corrected chi connectivity index (χ0v) is 18.9. The number of nitrogens with one attached hydrogen (secondary N) is 1. The van der Waals surface area contributed by atoms with Gasteiger partial charge in [-0.3, -0.25) is 5.32 Å². The molecule has 0 saturated carbocycles. The molecule has 174 valence electrons. The molecular weight excluding hydrogens is 426 g/mol. The molecule has 3 aromatic heterocycles. The highest BCUT2D eigenvalue weighted by molar-refractivity contribution is 5.87. The first-order valence-electron chi connectivity index (χ1n) is 10.6. The number of hydrogen-bond donors (Lipinski definition) is 2. The molecule has 4 rings (SSSR count). The van der Waals surface area contributed by atoms with Gasteiger partial charge in [0, 0.05) is 44.0 Å². The van der Waals surface area contributed by atoms with Gasteiger partial charge in [0.15, 0.2) is 11.6 Å². The molecule has 0 unspecified atom stereocenters. The van der Waals surface area contributed by atoms with E-state index >= 15 is 0 Å². The summed E-state index contributed by atoms with van der Waals surface area (Å²) in [5.74, 6) is 2.02. The fourth-order valence-corrected chi connectivity index (χ4v) is 3.25. The zero-order chi connectivity index (χ0) is 23.4. The molecule has 12 nitrogen and oxygen atoms in total. The molecule has 12 heteroatoms. The predicted molar refractivity (Wildman–Crippen MR) is 121 cm³/mol. The average molecular weight is 454 g/mol. The van der Waals surface area contributed by atoms with Crippen LogP contribution in [-0.2, 0) is 12.0 Å². The van der Waals surface area contributed by atoms with E-state index in [0.29, 0.717) is 49.3 Å². The van der Waals surface area contributed by atoms with Gasteiger partial charge in [-0.05, 0) is 18.2 Å². The number of nitrogen functional groups attached to an aromatic ring is 1. The minimum absolute atomic E-state index is 0.0955. The molecular formula is C21H27N9O3. The third-order valence-electron chi connectivity index (χ3n) is 5.01. The Bertz CT molecular complexity index is 1100. The van der Waals surface area contributed by atoms with Crippen LogP contribution in [0.15, 0.2) is 35.0 Å². The van der Waals surface area contributed by atoms with Gasteiger partial charge in [0.2, 0.25) is 11.8 Å². The van der Waals surface area contributed by atoms with Gasteiger partial charge in [0.05, 0.1) is 5.69 Å². The monoisotopic (exact) mass is 453 g/mol. The molecule has 2 amide bonds. The van der Waals surface area contributed by atoms with Crippen LogP contribution in [0.2, 0.25) is 0 Å². The summed E-state index contributed by atoms with van der Waals surface area (Å²) in [6, 6.07) is 5.23. The van der Waals surface area contributed by atoms with E-state index in [-0.39, 0.29) is 30.0 Å². The molecule has 0 aromatic carbocycles. The lowest BCUT2D eigenvalue weighted by Gasteiger charge is -2.35. The summed E-state index contributed by atoms with van der Waals surface area (Å²) in [6.07, 6.45) is 3.31. The van der Waals surface area contributed by atoms with Crippen LogP contribution in [-0.4, -0.2) is 62.3 Å². The largest absolute Gasteiger partial charge is 0.483 e. The summed E-state index contributed by atoms with van der Waals surface area (Å²) in [5, 5.41) is 10.6. The minimum Gasteiger partial charge on any atom is -0.483 e. The highest BCUT2D eigenvalue weighted by atomic mass is 16.5. The highest BCUT2D eigenvalue weighted by Gasteiger charge is 2.26.